The molecule has 0 saturated carbocycles. The maximum absolute atomic E-state index is 2.47. The second-order valence-corrected chi connectivity index (χ2v) is 15.3. The van der Waals surface area contributed by atoms with Gasteiger partial charge in [-0.25, -0.2) is 0 Å². The Kier molecular flexibility index (Phi) is 8.11. The molecule has 0 N–H and O–H groups in total. The monoisotopic (exact) mass is 705 g/mol. The summed E-state index contributed by atoms with van der Waals surface area (Å²) in [6.07, 6.45) is 3.36. The predicted molar refractivity (Wildman–Crippen MR) is 239 cm³/mol. The maximum atomic E-state index is 2.47. The third-order valence-electron chi connectivity index (χ3n) is 11.7. The second kappa shape index (κ2) is 13.4. The van der Waals surface area contributed by atoms with Gasteiger partial charge >= 0.3 is 0 Å². The van der Waals surface area contributed by atoms with E-state index in [1.54, 1.807) is 0 Å². The van der Waals surface area contributed by atoms with Crippen LogP contribution >= 0.6 is 0 Å². The number of nitrogens with zero attached hydrogens (tertiary/aromatic N) is 1. The Bertz CT molecular complexity index is 2910. The van der Waals surface area contributed by atoms with Gasteiger partial charge < -0.3 is 4.90 Å². The Morgan fingerprint density at radius 1 is 0.436 bits per heavy atom. The van der Waals surface area contributed by atoms with Crippen molar-refractivity contribution in [3.05, 3.63) is 187 Å². The molecule has 264 valence electrons. The van der Waals surface area contributed by atoms with E-state index in [1.165, 1.54) is 98.5 Å². The molecule has 0 spiro atoms. The molecule has 0 aliphatic heterocycles. The Morgan fingerprint density at radius 3 is 1.56 bits per heavy atom. The first-order valence-corrected chi connectivity index (χ1v) is 19.7. The molecule has 10 aromatic rings. The molecular weight excluding hydrogens is 663 g/mol. The van der Waals surface area contributed by atoms with Crippen LogP contribution in [-0.4, -0.2) is 0 Å². The van der Waals surface area contributed by atoms with Crippen molar-refractivity contribution in [3.63, 3.8) is 0 Å². The van der Waals surface area contributed by atoms with Crippen molar-refractivity contribution < 1.29 is 0 Å². The summed E-state index contributed by atoms with van der Waals surface area (Å²) in [5, 5.41) is 12.9. The lowest BCUT2D eigenvalue weighted by Gasteiger charge is -2.30. The molecule has 0 amide bonds. The lowest BCUT2D eigenvalue weighted by Crippen LogP contribution is -2.11. The molecule has 0 aliphatic rings. The average Bonchev–Trinajstić information content (AvgIpc) is 3.23. The molecule has 0 radical (unpaired) electrons. The van der Waals surface area contributed by atoms with Gasteiger partial charge in [-0.1, -0.05) is 164 Å². The van der Waals surface area contributed by atoms with E-state index >= 15 is 0 Å². The highest BCUT2D eigenvalue weighted by Crippen LogP contribution is 2.49. The number of unbranched alkanes of at least 4 members (excludes halogenated alkanes) is 1. The highest BCUT2D eigenvalue weighted by atomic mass is 15.1. The molecule has 0 atom stereocenters. The fraction of sp³-hybridized carbons (Fsp3) is 0.111. The van der Waals surface area contributed by atoms with Crippen LogP contribution < -0.4 is 4.90 Å². The summed E-state index contributed by atoms with van der Waals surface area (Å²) in [4.78, 5) is 2.46. The molecule has 0 unspecified atom stereocenters. The third kappa shape index (κ3) is 5.62. The minimum atomic E-state index is 1.05. The SMILES string of the molecule is CCCCc1cc(-c2c3ccccc3c(N(c3ccc(C)cc3)c3ccc(C)cc3)c3ccccc23)cc(-c2ccc3ccc4cccc5ccc2c3c45)c1. The number of anilines is 3. The van der Waals surface area contributed by atoms with E-state index in [4.69, 9.17) is 0 Å². The molecule has 0 heterocycles. The van der Waals surface area contributed by atoms with Crippen molar-refractivity contribution in [1.82, 2.24) is 0 Å². The minimum Gasteiger partial charge on any atom is -0.309 e. The summed E-state index contributed by atoms with van der Waals surface area (Å²) < 4.78 is 0. The zero-order valence-electron chi connectivity index (χ0n) is 31.7. The number of rotatable bonds is 8. The Morgan fingerprint density at radius 2 is 0.964 bits per heavy atom. The summed E-state index contributed by atoms with van der Waals surface area (Å²) in [7, 11) is 0. The van der Waals surface area contributed by atoms with Crippen molar-refractivity contribution >= 4 is 70.9 Å². The Hall–Kier alpha value is -6.44. The lowest BCUT2D eigenvalue weighted by atomic mass is 9.85. The summed E-state index contributed by atoms with van der Waals surface area (Å²) in [5.41, 5.74) is 12.5. The topological polar surface area (TPSA) is 3.24 Å². The number of hydrogen-bond donors (Lipinski definition) is 0. The van der Waals surface area contributed by atoms with Crippen LogP contribution in [0.25, 0.3) is 76.1 Å². The van der Waals surface area contributed by atoms with Crippen LogP contribution in [0.4, 0.5) is 17.1 Å². The van der Waals surface area contributed by atoms with Gasteiger partial charge in [-0.15, -0.1) is 0 Å². The van der Waals surface area contributed by atoms with Gasteiger partial charge in [0.2, 0.25) is 0 Å². The number of hydrogen-bond acceptors (Lipinski definition) is 1. The van der Waals surface area contributed by atoms with E-state index in [9.17, 15) is 0 Å². The van der Waals surface area contributed by atoms with E-state index in [-0.39, 0.29) is 0 Å². The van der Waals surface area contributed by atoms with Gasteiger partial charge in [0, 0.05) is 22.1 Å². The van der Waals surface area contributed by atoms with Gasteiger partial charge in [0.15, 0.2) is 0 Å². The Balaban J connectivity index is 1.26. The molecule has 0 saturated heterocycles. The van der Waals surface area contributed by atoms with Crippen LogP contribution in [0.5, 0.6) is 0 Å². The first kappa shape index (κ1) is 33.2. The predicted octanol–water partition coefficient (Wildman–Crippen LogP) is 15.7. The Labute approximate surface area is 323 Å². The minimum absolute atomic E-state index is 1.05. The maximum Gasteiger partial charge on any atom is 0.0618 e. The van der Waals surface area contributed by atoms with E-state index in [1.807, 2.05) is 0 Å². The van der Waals surface area contributed by atoms with Gasteiger partial charge in [-0.2, -0.15) is 0 Å². The molecule has 1 heteroatoms. The van der Waals surface area contributed by atoms with Crippen molar-refractivity contribution in [2.75, 3.05) is 4.90 Å². The number of fused-ring (bicyclic) bond motifs is 2. The van der Waals surface area contributed by atoms with Crippen molar-refractivity contribution in [1.29, 1.82) is 0 Å². The van der Waals surface area contributed by atoms with Gasteiger partial charge in [-0.3, -0.25) is 0 Å². The molecule has 0 bridgehead atoms. The largest absolute Gasteiger partial charge is 0.309 e. The lowest BCUT2D eigenvalue weighted by molar-refractivity contribution is 0.795. The first-order chi connectivity index (χ1) is 27.1. The third-order valence-corrected chi connectivity index (χ3v) is 11.7. The van der Waals surface area contributed by atoms with E-state index < -0.39 is 0 Å². The van der Waals surface area contributed by atoms with Crippen molar-refractivity contribution in [2.24, 2.45) is 0 Å². The van der Waals surface area contributed by atoms with Crippen LogP contribution in [0.3, 0.4) is 0 Å². The summed E-state index contributed by atoms with van der Waals surface area (Å²) in [6, 6.07) is 64.0. The standard InChI is InChI=1S/C54H43N/c1-4-5-11-37-32-41(45-30-24-40-23-22-38-12-10-13-39-25-31-48(45)53(40)51(38)39)34-42(33-37)52-46-14-6-8-16-49(46)54(50-17-9-7-15-47(50)52)55(43-26-18-35(2)19-27-43)44-28-20-36(3)21-29-44/h6-10,12-34H,4-5,11H2,1-3H3. The van der Waals surface area contributed by atoms with Crippen LogP contribution in [0.2, 0.25) is 0 Å². The molecule has 10 rings (SSSR count). The molecule has 55 heavy (non-hydrogen) atoms. The normalized spacial score (nSPS) is 11.8. The molecule has 1 nitrogen and oxygen atoms in total. The fourth-order valence-electron chi connectivity index (χ4n) is 8.96. The zero-order chi connectivity index (χ0) is 37.0. The van der Waals surface area contributed by atoms with Gasteiger partial charge in [0.05, 0.1) is 5.69 Å². The molecular formula is C54H43N. The van der Waals surface area contributed by atoms with E-state index in [0.29, 0.717) is 0 Å². The summed E-state index contributed by atoms with van der Waals surface area (Å²) in [6.45, 7) is 6.61. The van der Waals surface area contributed by atoms with E-state index in [2.05, 4.69) is 196 Å². The fourth-order valence-corrected chi connectivity index (χ4v) is 8.96. The molecule has 0 fully saturated rings. The van der Waals surface area contributed by atoms with Crippen molar-refractivity contribution in [3.8, 4) is 22.3 Å². The quantitative estimate of drug-likeness (QED) is 0.112. The second-order valence-electron chi connectivity index (χ2n) is 15.3. The number of aryl methyl sites for hydroxylation is 3. The first-order valence-electron chi connectivity index (χ1n) is 19.7. The van der Waals surface area contributed by atoms with Crippen LogP contribution in [0.15, 0.2) is 170 Å². The van der Waals surface area contributed by atoms with Crippen LogP contribution in [0.1, 0.15) is 36.5 Å². The smallest absolute Gasteiger partial charge is 0.0618 e. The summed E-state index contributed by atoms with van der Waals surface area (Å²) >= 11 is 0. The van der Waals surface area contributed by atoms with Crippen LogP contribution in [-0.2, 0) is 6.42 Å². The zero-order valence-corrected chi connectivity index (χ0v) is 31.7. The van der Waals surface area contributed by atoms with E-state index in [0.717, 1.165) is 30.6 Å². The van der Waals surface area contributed by atoms with Gasteiger partial charge in [0.1, 0.15) is 0 Å². The van der Waals surface area contributed by atoms with Crippen LogP contribution in [0, 0.1) is 13.8 Å². The highest BCUT2D eigenvalue weighted by Gasteiger charge is 2.23. The molecule has 0 aromatic heterocycles. The average molecular weight is 706 g/mol. The summed E-state index contributed by atoms with van der Waals surface area (Å²) in [5.74, 6) is 0. The number of benzene rings is 10. The highest BCUT2D eigenvalue weighted by molar-refractivity contribution is 6.26. The van der Waals surface area contributed by atoms with Crippen molar-refractivity contribution in [2.45, 2.75) is 40.0 Å². The molecule has 10 aromatic carbocycles. The molecule has 0 aliphatic carbocycles. The van der Waals surface area contributed by atoms with Gasteiger partial charge in [0.25, 0.3) is 0 Å². The van der Waals surface area contributed by atoms with Gasteiger partial charge in [-0.05, 0) is 128 Å².